The number of benzene rings is 3. The molecule has 0 radical (unpaired) electrons. The van der Waals surface area contributed by atoms with Gasteiger partial charge in [0.2, 0.25) is 0 Å². The van der Waals surface area contributed by atoms with Crippen molar-refractivity contribution in [1.29, 1.82) is 0 Å². The standard InChI is InChI=1S/C25H28O4/c1-14-9-23(27)16(3)7-18(14)11-20(22-6-5-21(26)13-25(22)29)12-19-8-17(4)24(28)10-15(19)2/h5-10,13,20,26-29H,11-12H2,1-4H3. The summed E-state index contributed by atoms with van der Waals surface area (Å²) in [6, 6.07) is 12.2. The lowest BCUT2D eigenvalue weighted by atomic mass is 9.83. The van der Waals surface area contributed by atoms with Gasteiger partial charge in [0.05, 0.1) is 0 Å². The van der Waals surface area contributed by atoms with Crippen LogP contribution in [-0.4, -0.2) is 20.4 Å². The van der Waals surface area contributed by atoms with Crippen molar-refractivity contribution in [3.63, 3.8) is 0 Å². The van der Waals surface area contributed by atoms with Gasteiger partial charge in [0.1, 0.15) is 23.0 Å². The SMILES string of the molecule is Cc1cc(CC(Cc2cc(C)c(O)cc2C)c2ccc(O)cc2O)c(C)cc1O. The minimum atomic E-state index is -0.0408. The van der Waals surface area contributed by atoms with Crippen LogP contribution in [0, 0.1) is 27.7 Å². The van der Waals surface area contributed by atoms with Crippen molar-refractivity contribution in [2.45, 2.75) is 46.5 Å². The highest BCUT2D eigenvalue weighted by Gasteiger charge is 2.20. The van der Waals surface area contributed by atoms with Crippen LogP contribution < -0.4 is 0 Å². The van der Waals surface area contributed by atoms with E-state index in [1.165, 1.54) is 6.07 Å². The third kappa shape index (κ3) is 4.48. The van der Waals surface area contributed by atoms with E-state index in [0.29, 0.717) is 12.8 Å². The molecule has 0 spiro atoms. The summed E-state index contributed by atoms with van der Waals surface area (Å²) in [6.45, 7) is 7.69. The monoisotopic (exact) mass is 392 g/mol. The number of aryl methyl sites for hydroxylation is 4. The maximum absolute atomic E-state index is 10.5. The van der Waals surface area contributed by atoms with Gasteiger partial charge >= 0.3 is 0 Å². The van der Waals surface area contributed by atoms with E-state index in [-0.39, 0.29) is 28.9 Å². The first-order valence-electron chi connectivity index (χ1n) is 9.75. The molecule has 4 heteroatoms. The van der Waals surface area contributed by atoms with Crippen LogP contribution in [0.2, 0.25) is 0 Å². The quantitative estimate of drug-likeness (QED) is 0.474. The van der Waals surface area contributed by atoms with Crippen molar-refractivity contribution in [3.8, 4) is 23.0 Å². The van der Waals surface area contributed by atoms with E-state index in [1.54, 1.807) is 24.3 Å². The fourth-order valence-electron chi connectivity index (χ4n) is 3.86. The van der Waals surface area contributed by atoms with Crippen molar-refractivity contribution in [1.82, 2.24) is 0 Å². The molecule has 0 aromatic heterocycles. The van der Waals surface area contributed by atoms with Gasteiger partial charge in [-0.1, -0.05) is 18.2 Å². The highest BCUT2D eigenvalue weighted by Crippen LogP contribution is 2.36. The lowest BCUT2D eigenvalue weighted by Gasteiger charge is -2.22. The van der Waals surface area contributed by atoms with Crippen LogP contribution in [-0.2, 0) is 12.8 Å². The number of hydrogen-bond donors (Lipinski definition) is 4. The first-order valence-corrected chi connectivity index (χ1v) is 9.75. The van der Waals surface area contributed by atoms with Crippen molar-refractivity contribution >= 4 is 0 Å². The lowest BCUT2D eigenvalue weighted by molar-refractivity contribution is 0.440. The second kappa shape index (κ2) is 8.08. The normalized spacial score (nSPS) is 11.2. The predicted molar refractivity (Wildman–Crippen MR) is 115 cm³/mol. The van der Waals surface area contributed by atoms with E-state index in [2.05, 4.69) is 0 Å². The molecule has 0 aliphatic carbocycles. The van der Waals surface area contributed by atoms with E-state index in [0.717, 1.165) is 38.9 Å². The van der Waals surface area contributed by atoms with E-state index in [1.807, 2.05) is 39.8 Å². The number of phenolic OH excluding ortho intramolecular Hbond substituents is 4. The second-order valence-electron chi connectivity index (χ2n) is 7.98. The summed E-state index contributed by atoms with van der Waals surface area (Å²) in [6.07, 6.45) is 1.34. The average molecular weight is 392 g/mol. The molecular weight excluding hydrogens is 364 g/mol. The molecule has 0 unspecified atom stereocenters. The fourth-order valence-corrected chi connectivity index (χ4v) is 3.86. The molecule has 0 aliphatic heterocycles. The fraction of sp³-hybridized carbons (Fsp3) is 0.280. The predicted octanol–water partition coefficient (Wildman–Crippen LogP) is 5.31. The van der Waals surface area contributed by atoms with E-state index >= 15 is 0 Å². The lowest BCUT2D eigenvalue weighted by Crippen LogP contribution is -2.10. The minimum absolute atomic E-state index is 0.0262. The summed E-state index contributed by atoms with van der Waals surface area (Å²) in [5.41, 5.74) is 6.59. The Hall–Kier alpha value is -3.14. The molecule has 3 aromatic carbocycles. The molecule has 0 saturated carbocycles. The van der Waals surface area contributed by atoms with Crippen LogP contribution in [0.5, 0.6) is 23.0 Å². The molecule has 0 heterocycles. The molecule has 152 valence electrons. The highest BCUT2D eigenvalue weighted by molar-refractivity contribution is 5.47. The first kappa shape index (κ1) is 20.6. The van der Waals surface area contributed by atoms with Crippen LogP contribution in [0.4, 0.5) is 0 Å². The maximum atomic E-state index is 10.5. The van der Waals surface area contributed by atoms with Gasteiger partial charge in [-0.25, -0.2) is 0 Å². The molecule has 0 saturated heterocycles. The van der Waals surface area contributed by atoms with Gasteiger partial charge in [-0.3, -0.25) is 0 Å². The Morgan fingerprint density at radius 2 is 1.07 bits per heavy atom. The zero-order valence-electron chi connectivity index (χ0n) is 17.3. The van der Waals surface area contributed by atoms with Crippen molar-refractivity contribution < 1.29 is 20.4 Å². The third-order valence-electron chi connectivity index (χ3n) is 5.70. The Kier molecular flexibility index (Phi) is 5.73. The van der Waals surface area contributed by atoms with Gasteiger partial charge in [-0.15, -0.1) is 0 Å². The van der Waals surface area contributed by atoms with Gasteiger partial charge in [0.25, 0.3) is 0 Å². The molecule has 4 nitrogen and oxygen atoms in total. The van der Waals surface area contributed by atoms with E-state index in [4.69, 9.17) is 0 Å². The highest BCUT2D eigenvalue weighted by atomic mass is 16.3. The van der Waals surface area contributed by atoms with Crippen LogP contribution in [0.3, 0.4) is 0 Å². The molecule has 3 aromatic rings. The molecule has 0 aliphatic rings. The molecular formula is C25H28O4. The van der Waals surface area contributed by atoms with E-state index in [9.17, 15) is 20.4 Å². The second-order valence-corrected chi connectivity index (χ2v) is 7.98. The minimum Gasteiger partial charge on any atom is -0.508 e. The molecule has 0 fully saturated rings. The zero-order chi connectivity index (χ0) is 21.3. The summed E-state index contributed by atoms with van der Waals surface area (Å²) >= 11 is 0. The Balaban J connectivity index is 2.05. The molecule has 0 bridgehead atoms. The van der Waals surface area contributed by atoms with E-state index < -0.39 is 0 Å². The summed E-state index contributed by atoms with van der Waals surface area (Å²) < 4.78 is 0. The summed E-state index contributed by atoms with van der Waals surface area (Å²) in [5.74, 6) is 0.607. The summed E-state index contributed by atoms with van der Waals surface area (Å²) in [4.78, 5) is 0. The largest absolute Gasteiger partial charge is 0.508 e. The molecule has 3 rings (SSSR count). The third-order valence-corrected chi connectivity index (χ3v) is 5.70. The molecule has 4 N–H and O–H groups in total. The Labute approximate surface area is 171 Å². The molecule has 0 amide bonds. The number of phenols is 4. The topological polar surface area (TPSA) is 80.9 Å². The van der Waals surface area contributed by atoms with Gasteiger partial charge in [-0.05, 0) is 104 Å². The van der Waals surface area contributed by atoms with Crippen LogP contribution in [0.1, 0.15) is 44.9 Å². The van der Waals surface area contributed by atoms with Crippen LogP contribution in [0.25, 0.3) is 0 Å². The average Bonchev–Trinajstić information content (AvgIpc) is 2.63. The smallest absolute Gasteiger partial charge is 0.122 e. The summed E-state index contributed by atoms with van der Waals surface area (Å²) in [7, 11) is 0. The van der Waals surface area contributed by atoms with Crippen molar-refractivity contribution in [3.05, 3.63) is 81.4 Å². The van der Waals surface area contributed by atoms with Crippen LogP contribution in [0.15, 0.2) is 42.5 Å². The first-order chi connectivity index (χ1) is 13.7. The zero-order valence-corrected chi connectivity index (χ0v) is 17.3. The summed E-state index contributed by atoms with van der Waals surface area (Å²) in [5, 5.41) is 40.2. The maximum Gasteiger partial charge on any atom is 0.122 e. The van der Waals surface area contributed by atoms with Gasteiger partial charge in [0.15, 0.2) is 0 Å². The van der Waals surface area contributed by atoms with Gasteiger partial charge in [0, 0.05) is 6.07 Å². The number of aromatic hydroxyl groups is 4. The van der Waals surface area contributed by atoms with Gasteiger partial charge in [-0.2, -0.15) is 0 Å². The van der Waals surface area contributed by atoms with Crippen LogP contribution >= 0.6 is 0 Å². The molecule has 29 heavy (non-hydrogen) atoms. The Morgan fingerprint density at radius 3 is 1.52 bits per heavy atom. The number of rotatable bonds is 5. The Bertz CT molecular complexity index is 994. The molecule has 0 atom stereocenters. The number of hydrogen-bond acceptors (Lipinski definition) is 4. The Morgan fingerprint density at radius 1 is 0.586 bits per heavy atom. The van der Waals surface area contributed by atoms with Crippen molar-refractivity contribution in [2.75, 3.05) is 0 Å². The van der Waals surface area contributed by atoms with Gasteiger partial charge < -0.3 is 20.4 Å². The van der Waals surface area contributed by atoms with Crippen molar-refractivity contribution in [2.24, 2.45) is 0 Å².